The molecule has 1 unspecified atom stereocenters. The Morgan fingerprint density at radius 1 is 1.47 bits per heavy atom. The van der Waals surface area contributed by atoms with Crippen LogP contribution >= 0.6 is 43.5 Å². The Kier molecular flexibility index (Phi) is 5.58. The fourth-order valence-electron chi connectivity index (χ4n) is 1.28. The summed E-state index contributed by atoms with van der Waals surface area (Å²) in [6, 6.07) is 3.57. The van der Waals surface area contributed by atoms with Crippen molar-refractivity contribution in [1.29, 1.82) is 0 Å². The average molecular weight is 358 g/mol. The topological polar surface area (TPSA) is 0 Å². The predicted octanol–water partition coefficient (Wildman–Crippen LogP) is 5.35. The van der Waals surface area contributed by atoms with Crippen molar-refractivity contribution in [2.45, 2.75) is 31.0 Å². The number of aryl methyl sites for hydroxylation is 1. The first-order chi connectivity index (χ1) is 7.06. The van der Waals surface area contributed by atoms with E-state index in [1.807, 2.05) is 0 Å². The number of hydrogen-bond acceptors (Lipinski definition) is 0. The molecule has 0 saturated carbocycles. The lowest BCUT2D eigenvalue weighted by Crippen LogP contribution is -2.00. The third kappa shape index (κ3) is 3.72. The summed E-state index contributed by atoms with van der Waals surface area (Å²) in [6.07, 6.45) is 2.68. The highest BCUT2D eigenvalue weighted by Crippen LogP contribution is 2.28. The van der Waals surface area contributed by atoms with Gasteiger partial charge in [0.15, 0.2) is 0 Å². The Morgan fingerprint density at radius 2 is 2.13 bits per heavy atom. The van der Waals surface area contributed by atoms with Crippen molar-refractivity contribution in [3.8, 4) is 0 Å². The summed E-state index contributed by atoms with van der Waals surface area (Å²) in [5.74, 6) is -0.304. The molecule has 0 heterocycles. The van der Waals surface area contributed by atoms with E-state index < -0.39 is 0 Å². The van der Waals surface area contributed by atoms with Crippen molar-refractivity contribution in [1.82, 2.24) is 0 Å². The van der Waals surface area contributed by atoms with Gasteiger partial charge in [-0.15, -0.1) is 0 Å². The van der Waals surface area contributed by atoms with Gasteiger partial charge in [0.25, 0.3) is 0 Å². The number of rotatable bonds is 4. The van der Waals surface area contributed by atoms with E-state index >= 15 is 0 Å². The van der Waals surface area contributed by atoms with Gasteiger partial charge in [-0.1, -0.05) is 40.5 Å². The summed E-state index contributed by atoms with van der Waals surface area (Å²) in [6.45, 7) is 2.10. The largest absolute Gasteiger partial charge is 0.205 e. The first-order valence-electron chi connectivity index (χ1n) is 4.82. The van der Waals surface area contributed by atoms with Crippen molar-refractivity contribution in [2.24, 2.45) is 0 Å². The molecular formula is C11H12Br2ClF. The van der Waals surface area contributed by atoms with Crippen LogP contribution in [0.3, 0.4) is 0 Å². The van der Waals surface area contributed by atoms with Crippen LogP contribution < -0.4 is 0 Å². The van der Waals surface area contributed by atoms with Crippen LogP contribution in [0, 0.1) is 5.82 Å². The third-order valence-electron chi connectivity index (χ3n) is 2.29. The molecule has 1 aromatic rings. The first kappa shape index (κ1) is 13.5. The molecule has 0 aliphatic carbocycles. The molecule has 0 nitrogen and oxygen atoms in total. The van der Waals surface area contributed by atoms with Gasteiger partial charge in [-0.25, -0.2) is 4.39 Å². The highest BCUT2D eigenvalue weighted by Gasteiger charge is 2.11. The molecule has 0 aliphatic heterocycles. The minimum atomic E-state index is -0.304. The molecule has 0 bridgehead atoms. The fraction of sp³-hybridized carbons (Fsp3) is 0.455. The lowest BCUT2D eigenvalue weighted by molar-refractivity contribution is 0.601. The highest BCUT2D eigenvalue weighted by molar-refractivity contribution is 9.10. The number of halogens is 4. The Bertz CT molecular complexity index is 342. The molecule has 0 N–H and O–H groups in total. The van der Waals surface area contributed by atoms with Crippen LogP contribution in [0.5, 0.6) is 0 Å². The molecular weight excluding hydrogens is 346 g/mol. The third-order valence-corrected chi connectivity index (χ3v) is 4.65. The maximum absolute atomic E-state index is 13.6. The van der Waals surface area contributed by atoms with Gasteiger partial charge in [0, 0.05) is 9.30 Å². The number of hydrogen-bond donors (Lipinski definition) is 0. The molecule has 0 saturated heterocycles. The maximum Gasteiger partial charge on any atom is 0.146 e. The minimum absolute atomic E-state index is 0.176. The second kappa shape index (κ2) is 6.21. The van der Waals surface area contributed by atoms with E-state index in [2.05, 4.69) is 38.8 Å². The van der Waals surface area contributed by atoms with Crippen molar-refractivity contribution in [2.75, 3.05) is 0 Å². The standard InChI is InChI=1S/C11H12Br2ClF/c1-2-8(12)5-3-7-4-6-9(13)10(14)11(7)15/h4,6,8H,2-3,5H2,1H3. The molecule has 0 radical (unpaired) electrons. The second-order valence-corrected chi connectivity index (χ2v) is 5.91. The smallest absolute Gasteiger partial charge is 0.146 e. The van der Waals surface area contributed by atoms with E-state index in [0.717, 1.165) is 12.8 Å². The zero-order chi connectivity index (χ0) is 11.4. The summed E-state index contributed by atoms with van der Waals surface area (Å²) in [4.78, 5) is 0.444. The van der Waals surface area contributed by atoms with Gasteiger partial charge in [0.05, 0.1) is 5.02 Å². The van der Waals surface area contributed by atoms with E-state index in [4.69, 9.17) is 11.6 Å². The van der Waals surface area contributed by atoms with Crippen LogP contribution in [0.15, 0.2) is 16.6 Å². The summed E-state index contributed by atoms with van der Waals surface area (Å²) in [7, 11) is 0. The second-order valence-electron chi connectivity index (χ2n) is 3.38. The average Bonchev–Trinajstić information content (AvgIpc) is 2.24. The predicted molar refractivity (Wildman–Crippen MR) is 70.4 cm³/mol. The molecule has 0 aliphatic rings. The van der Waals surface area contributed by atoms with Gasteiger partial charge in [-0.2, -0.15) is 0 Å². The molecule has 4 heteroatoms. The van der Waals surface area contributed by atoms with E-state index in [1.54, 1.807) is 12.1 Å². The Balaban J connectivity index is 2.74. The molecule has 1 aromatic carbocycles. The molecule has 1 rings (SSSR count). The quantitative estimate of drug-likeness (QED) is 0.503. The zero-order valence-electron chi connectivity index (χ0n) is 8.37. The van der Waals surface area contributed by atoms with E-state index in [0.29, 0.717) is 21.3 Å². The van der Waals surface area contributed by atoms with Crippen molar-refractivity contribution >= 4 is 43.5 Å². The fourth-order valence-corrected chi connectivity index (χ4v) is 1.99. The Morgan fingerprint density at radius 3 is 2.73 bits per heavy atom. The molecule has 0 fully saturated rings. The van der Waals surface area contributed by atoms with Gasteiger partial charge in [0.2, 0.25) is 0 Å². The molecule has 1 atom stereocenters. The van der Waals surface area contributed by atoms with Crippen LogP contribution in [-0.4, -0.2) is 4.83 Å². The molecule has 0 aromatic heterocycles. The Labute approximate surface area is 111 Å². The molecule has 15 heavy (non-hydrogen) atoms. The summed E-state index contributed by atoms with van der Waals surface area (Å²) < 4.78 is 14.2. The summed E-state index contributed by atoms with van der Waals surface area (Å²) in [5.41, 5.74) is 0.682. The highest BCUT2D eigenvalue weighted by atomic mass is 79.9. The van der Waals surface area contributed by atoms with Crippen LogP contribution in [0.25, 0.3) is 0 Å². The van der Waals surface area contributed by atoms with E-state index in [-0.39, 0.29) is 10.8 Å². The van der Waals surface area contributed by atoms with E-state index in [1.165, 1.54) is 0 Å². The molecule has 84 valence electrons. The molecule has 0 amide bonds. The van der Waals surface area contributed by atoms with Crippen molar-refractivity contribution in [3.05, 3.63) is 33.0 Å². The molecule has 0 spiro atoms. The van der Waals surface area contributed by atoms with Crippen molar-refractivity contribution in [3.63, 3.8) is 0 Å². The van der Waals surface area contributed by atoms with Crippen LogP contribution in [0.1, 0.15) is 25.3 Å². The lowest BCUT2D eigenvalue weighted by Gasteiger charge is -2.08. The maximum atomic E-state index is 13.6. The Hall–Kier alpha value is 0.400. The van der Waals surface area contributed by atoms with Gasteiger partial charge >= 0.3 is 0 Å². The number of benzene rings is 1. The van der Waals surface area contributed by atoms with Crippen LogP contribution in [0.4, 0.5) is 4.39 Å². The SMILES string of the molecule is CCC(Br)CCc1ccc(Br)c(Cl)c1F. The summed E-state index contributed by atoms with van der Waals surface area (Å²) in [5, 5.41) is 0.176. The van der Waals surface area contributed by atoms with Gasteiger partial charge in [-0.3, -0.25) is 0 Å². The normalized spacial score (nSPS) is 12.9. The van der Waals surface area contributed by atoms with Gasteiger partial charge < -0.3 is 0 Å². The van der Waals surface area contributed by atoms with Crippen molar-refractivity contribution < 1.29 is 4.39 Å². The van der Waals surface area contributed by atoms with Crippen LogP contribution in [0.2, 0.25) is 5.02 Å². The van der Waals surface area contributed by atoms with Crippen LogP contribution in [-0.2, 0) is 6.42 Å². The van der Waals surface area contributed by atoms with E-state index in [9.17, 15) is 4.39 Å². The van der Waals surface area contributed by atoms with Gasteiger partial charge in [0.1, 0.15) is 5.82 Å². The number of alkyl halides is 1. The lowest BCUT2D eigenvalue weighted by atomic mass is 10.1. The summed E-state index contributed by atoms with van der Waals surface area (Å²) >= 11 is 12.5. The minimum Gasteiger partial charge on any atom is -0.205 e. The van der Waals surface area contributed by atoms with Gasteiger partial charge in [-0.05, 0) is 46.8 Å². The zero-order valence-corrected chi connectivity index (χ0v) is 12.3. The first-order valence-corrected chi connectivity index (χ1v) is 6.91. The monoisotopic (exact) mass is 356 g/mol.